The molecule has 0 radical (unpaired) electrons. The van der Waals surface area contributed by atoms with E-state index < -0.39 is 0 Å². The van der Waals surface area contributed by atoms with E-state index in [-0.39, 0.29) is 6.04 Å². The van der Waals surface area contributed by atoms with Gasteiger partial charge in [0.15, 0.2) is 0 Å². The summed E-state index contributed by atoms with van der Waals surface area (Å²) in [6.45, 7) is 5.48. The first-order valence-corrected chi connectivity index (χ1v) is 8.56. The highest BCUT2D eigenvalue weighted by Gasteiger charge is 2.31. The fraction of sp³-hybridized carbons (Fsp3) is 0.714. The Balaban J connectivity index is 2.22. The molecule has 1 fully saturated rings. The summed E-state index contributed by atoms with van der Waals surface area (Å²) >= 11 is 5.38. The molecule has 1 aliphatic rings. The molecule has 2 N–H and O–H groups in total. The molecule has 2 nitrogen and oxygen atoms in total. The number of halogens is 1. The second kappa shape index (κ2) is 6.51. The average molecular weight is 331 g/mol. The molecule has 1 heterocycles. The molecule has 1 saturated carbocycles. The van der Waals surface area contributed by atoms with E-state index in [1.807, 2.05) is 11.3 Å². The van der Waals surface area contributed by atoms with Gasteiger partial charge in [0, 0.05) is 26.8 Å². The van der Waals surface area contributed by atoms with E-state index in [9.17, 15) is 0 Å². The molecule has 0 spiro atoms. The van der Waals surface area contributed by atoms with Gasteiger partial charge in [0.25, 0.3) is 0 Å². The molecular formula is C14H23BrN2S. The van der Waals surface area contributed by atoms with Crippen LogP contribution in [0.4, 0.5) is 0 Å². The monoisotopic (exact) mass is 330 g/mol. The molecule has 0 saturated heterocycles. The first-order chi connectivity index (χ1) is 8.63. The summed E-state index contributed by atoms with van der Waals surface area (Å²) in [5.41, 5.74) is 6.27. The third kappa shape index (κ3) is 3.16. The van der Waals surface area contributed by atoms with Crippen LogP contribution in [-0.4, -0.2) is 23.5 Å². The van der Waals surface area contributed by atoms with Gasteiger partial charge in [-0.3, -0.25) is 4.90 Å². The van der Waals surface area contributed by atoms with Crippen molar-refractivity contribution in [3.8, 4) is 0 Å². The Morgan fingerprint density at radius 3 is 2.61 bits per heavy atom. The van der Waals surface area contributed by atoms with Gasteiger partial charge in [0.05, 0.1) is 6.04 Å². The minimum absolute atomic E-state index is 0.177. The molecular weight excluding hydrogens is 308 g/mol. The Hall–Kier alpha value is 0.1000. The summed E-state index contributed by atoms with van der Waals surface area (Å²) in [5.74, 6) is 0. The van der Waals surface area contributed by atoms with Gasteiger partial charge >= 0.3 is 0 Å². The normalized spacial score (nSPS) is 20.5. The van der Waals surface area contributed by atoms with Gasteiger partial charge in [-0.05, 0) is 48.3 Å². The first-order valence-electron chi connectivity index (χ1n) is 6.88. The van der Waals surface area contributed by atoms with Crippen molar-refractivity contribution in [3.05, 3.63) is 20.8 Å². The molecule has 0 aromatic carbocycles. The van der Waals surface area contributed by atoms with E-state index in [0.29, 0.717) is 6.04 Å². The van der Waals surface area contributed by atoms with Crippen LogP contribution in [0.25, 0.3) is 0 Å². The lowest BCUT2D eigenvalue weighted by molar-refractivity contribution is 0.129. The van der Waals surface area contributed by atoms with Crippen LogP contribution in [0.5, 0.6) is 0 Å². The highest BCUT2D eigenvalue weighted by molar-refractivity contribution is 9.10. The zero-order valence-electron chi connectivity index (χ0n) is 11.2. The van der Waals surface area contributed by atoms with E-state index in [0.717, 1.165) is 12.6 Å². The molecule has 0 amide bonds. The summed E-state index contributed by atoms with van der Waals surface area (Å²) in [6.07, 6.45) is 5.43. The van der Waals surface area contributed by atoms with E-state index in [4.69, 9.17) is 5.73 Å². The molecule has 2 rings (SSSR count). The largest absolute Gasteiger partial charge is 0.326 e. The second-order valence-corrected chi connectivity index (χ2v) is 7.10. The summed E-state index contributed by atoms with van der Waals surface area (Å²) < 4.78 is 1.18. The molecule has 18 heavy (non-hydrogen) atoms. The standard InChI is InChI=1S/C14H23BrN2S/c1-3-17(12-6-4-5-7-12)14(10(2)16)13-8-11(15)9-18-13/h8-10,12,14H,3-7,16H2,1-2H3. The number of hydrogen-bond acceptors (Lipinski definition) is 3. The van der Waals surface area contributed by atoms with Gasteiger partial charge in [-0.25, -0.2) is 0 Å². The van der Waals surface area contributed by atoms with Crippen molar-refractivity contribution in [1.82, 2.24) is 4.90 Å². The van der Waals surface area contributed by atoms with Crippen molar-refractivity contribution in [3.63, 3.8) is 0 Å². The number of nitrogens with zero attached hydrogens (tertiary/aromatic N) is 1. The van der Waals surface area contributed by atoms with Crippen LogP contribution in [0.2, 0.25) is 0 Å². The van der Waals surface area contributed by atoms with E-state index >= 15 is 0 Å². The third-order valence-corrected chi connectivity index (χ3v) is 5.66. The van der Waals surface area contributed by atoms with Crippen LogP contribution in [0, 0.1) is 0 Å². The van der Waals surface area contributed by atoms with Crippen molar-refractivity contribution < 1.29 is 0 Å². The van der Waals surface area contributed by atoms with Crippen LogP contribution >= 0.6 is 27.3 Å². The number of thiophene rings is 1. The summed E-state index contributed by atoms with van der Waals surface area (Å²) in [4.78, 5) is 4.02. The van der Waals surface area contributed by atoms with Crippen LogP contribution in [0.15, 0.2) is 15.9 Å². The van der Waals surface area contributed by atoms with Crippen molar-refractivity contribution in [2.24, 2.45) is 5.73 Å². The lowest BCUT2D eigenvalue weighted by Gasteiger charge is -2.37. The predicted molar refractivity (Wildman–Crippen MR) is 83.0 cm³/mol. The maximum atomic E-state index is 6.27. The molecule has 102 valence electrons. The van der Waals surface area contributed by atoms with Gasteiger partial charge < -0.3 is 5.73 Å². The first kappa shape index (κ1) is 14.5. The predicted octanol–water partition coefficient (Wildman–Crippen LogP) is 4.16. The van der Waals surface area contributed by atoms with Crippen molar-refractivity contribution in [1.29, 1.82) is 0 Å². The minimum atomic E-state index is 0.177. The Bertz CT molecular complexity index is 372. The van der Waals surface area contributed by atoms with Crippen molar-refractivity contribution >= 4 is 27.3 Å². The van der Waals surface area contributed by atoms with Crippen LogP contribution in [-0.2, 0) is 0 Å². The highest BCUT2D eigenvalue weighted by Crippen LogP contribution is 2.36. The van der Waals surface area contributed by atoms with Gasteiger partial charge in [-0.15, -0.1) is 11.3 Å². The van der Waals surface area contributed by atoms with Crippen LogP contribution in [0.1, 0.15) is 50.4 Å². The summed E-state index contributed by atoms with van der Waals surface area (Å²) in [6, 6.07) is 3.51. The summed E-state index contributed by atoms with van der Waals surface area (Å²) in [7, 11) is 0. The van der Waals surface area contributed by atoms with Gasteiger partial charge in [0.2, 0.25) is 0 Å². The van der Waals surface area contributed by atoms with Gasteiger partial charge in [0.1, 0.15) is 0 Å². The quantitative estimate of drug-likeness (QED) is 0.878. The fourth-order valence-corrected chi connectivity index (χ4v) is 4.81. The second-order valence-electron chi connectivity index (χ2n) is 5.24. The Kier molecular flexibility index (Phi) is 5.24. The molecule has 1 aromatic heterocycles. The van der Waals surface area contributed by atoms with Gasteiger partial charge in [-0.1, -0.05) is 19.8 Å². The minimum Gasteiger partial charge on any atom is -0.326 e. The number of hydrogen-bond donors (Lipinski definition) is 1. The molecule has 2 unspecified atom stereocenters. The lowest BCUT2D eigenvalue weighted by atomic mass is 10.0. The van der Waals surface area contributed by atoms with E-state index in [2.05, 4.69) is 46.1 Å². The van der Waals surface area contributed by atoms with Gasteiger partial charge in [-0.2, -0.15) is 0 Å². The number of rotatable bonds is 5. The Morgan fingerprint density at radius 1 is 1.50 bits per heavy atom. The van der Waals surface area contributed by atoms with Crippen LogP contribution < -0.4 is 5.73 Å². The highest BCUT2D eigenvalue weighted by atomic mass is 79.9. The zero-order chi connectivity index (χ0) is 13.1. The summed E-state index contributed by atoms with van der Waals surface area (Å²) in [5, 5.41) is 2.16. The number of nitrogens with two attached hydrogens (primary N) is 1. The van der Waals surface area contributed by atoms with E-state index in [1.54, 1.807) is 0 Å². The third-order valence-electron chi connectivity index (χ3n) is 3.89. The fourth-order valence-electron chi connectivity index (χ4n) is 3.13. The maximum absolute atomic E-state index is 6.27. The van der Waals surface area contributed by atoms with Crippen LogP contribution in [0.3, 0.4) is 0 Å². The van der Waals surface area contributed by atoms with Crippen molar-refractivity contribution in [2.75, 3.05) is 6.54 Å². The SMILES string of the molecule is CCN(C1CCCC1)C(c1cc(Br)cs1)C(C)N. The molecule has 1 aromatic rings. The Labute approximate surface area is 123 Å². The molecule has 0 aliphatic heterocycles. The average Bonchev–Trinajstić information content (AvgIpc) is 2.96. The lowest BCUT2D eigenvalue weighted by Crippen LogP contribution is -2.43. The van der Waals surface area contributed by atoms with E-state index in [1.165, 1.54) is 35.0 Å². The molecule has 0 bridgehead atoms. The smallest absolute Gasteiger partial charge is 0.0593 e. The molecule has 4 heteroatoms. The molecule has 2 atom stereocenters. The zero-order valence-corrected chi connectivity index (χ0v) is 13.6. The topological polar surface area (TPSA) is 29.3 Å². The Morgan fingerprint density at radius 2 is 2.17 bits per heavy atom. The maximum Gasteiger partial charge on any atom is 0.0593 e. The number of likely N-dealkylation sites (N-methyl/N-ethyl adjacent to an activating group) is 1. The molecule has 1 aliphatic carbocycles. The van der Waals surface area contributed by atoms with Crippen molar-refractivity contribution in [2.45, 2.75) is 57.7 Å².